The van der Waals surface area contributed by atoms with Gasteiger partial charge in [0.1, 0.15) is 5.75 Å². The van der Waals surface area contributed by atoms with Crippen LogP contribution in [0, 0.1) is 0 Å². The lowest BCUT2D eigenvalue weighted by molar-refractivity contribution is 0.340. The van der Waals surface area contributed by atoms with Crippen molar-refractivity contribution < 1.29 is 4.74 Å². The van der Waals surface area contributed by atoms with Crippen molar-refractivity contribution in [2.24, 2.45) is 0 Å². The van der Waals surface area contributed by atoms with Gasteiger partial charge >= 0.3 is 0 Å². The molecule has 1 unspecified atom stereocenters. The van der Waals surface area contributed by atoms with Gasteiger partial charge in [0.2, 0.25) is 0 Å². The molecule has 1 aromatic carbocycles. The largest absolute Gasteiger partial charge is 0.494 e. The van der Waals surface area contributed by atoms with Crippen LogP contribution in [-0.4, -0.2) is 6.61 Å². The van der Waals surface area contributed by atoms with Crippen LogP contribution < -0.4 is 4.74 Å². The van der Waals surface area contributed by atoms with Crippen LogP contribution in [0.2, 0.25) is 0 Å². The van der Waals surface area contributed by atoms with Crippen molar-refractivity contribution in [3.63, 3.8) is 0 Å². The second kappa shape index (κ2) is 6.89. The summed E-state index contributed by atoms with van der Waals surface area (Å²) in [6.45, 7) is 6.92. The molecule has 0 fully saturated rings. The fourth-order valence-electron chi connectivity index (χ4n) is 1.49. The Labute approximate surface area is 98.5 Å². The Morgan fingerprint density at radius 3 is 2.44 bits per heavy atom. The Bertz CT molecular complexity index is 346. The van der Waals surface area contributed by atoms with Gasteiger partial charge in [-0.05, 0) is 37.5 Å². The highest BCUT2D eigenvalue weighted by atomic mass is 16.5. The molecular weight excluding hydrogens is 196 g/mol. The molecule has 0 aromatic heterocycles. The summed E-state index contributed by atoms with van der Waals surface area (Å²) in [5.41, 5.74) is 1.31. The number of hydrogen-bond donors (Lipinski definition) is 0. The summed E-state index contributed by atoms with van der Waals surface area (Å²) in [6, 6.07) is 8.29. The molecule has 0 saturated carbocycles. The van der Waals surface area contributed by atoms with E-state index in [-0.39, 0.29) is 0 Å². The molecule has 1 rings (SSSR count). The summed E-state index contributed by atoms with van der Waals surface area (Å²) in [6.07, 6.45) is 8.35. The molecule has 0 bridgehead atoms. The maximum Gasteiger partial charge on any atom is 0.119 e. The number of benzene rings is 1. The lowest BCUT2D eigenvalue weighted by Crippen LogP contribution is -1.93. The van der Waals surface area contributed by atoms with E-state index in [1.165, 1.54) is 5.56 Å². The lowest BCUT2D eigenvalue weighted by atomic mass is 10.0. The molecule has 0 amide bonds. The number of hydrogen-bond acceptors (Lipinski definition) is 1. The zero-order chi connectivity index (χ0) is 11.8. The number of rotatable bonds is 5. The molecule has 1 nitrogen and oxygen atoms in total. The Balaban J connectivity index is 2.65. The molecule has 0 aliphatic rings. The van der Waals surface area contributed by atoms with Gasteiger partial charge in [0.05, 0.1) is 6.61 Å². The van der Waals surface area contributed by atoms with Crippen LogP contribution >= 0.6 is 0 Å². The average Bonchev–Trinajstić information content (AvgIpc) is 2.30. The van der Waals surface area contributed by atoms with E-state index in [0.717, 1.165) is 12.4 Å². The van der Waals surface area contributed by atoms with Crippen LogP contribution in [0.15, 0.2) is 48.6 Å². The van der Waals surface area contributed by atoms with Gasteiger partial charge in [-0.2, -0.15) is 0 Å². The third-order valence-corrected chi connectivity index (χ3v) is 2.42. The van der Waals surface area contributed by atoms with Crippen molar-refractivity contribution in [3.8, 4) is 5.75 Å². The third kappa shape index (κ3) is 3.93. The van der Waals surface area contributed by atoms with Gasteiger partial charge in [-0.1, -0.05) is 43.4 Å². The highest BCUT2D eigenvalue weighted by molar-refractivity contribution is 5.31. The molecule has 0 radical (unpaired) electrons. The van der Waals surface area contributed by atoms with Crippen molar-refractivity contribution in [2.75, 3.05) is 6.61 Å². The van der Waals surface area contributed by atoms with Gasteiger partial charge in [-0.3, -0.25) is 0 Å². The molecule has 1 atom stereocenters. The van der Waals surface area contributed by atoms with Crippen LogP contribution in [0.3, 0.4) is 0 Å². The average molecular weight is 216 g/mol. The minimum Gasteiger partial charge on any atom is -0.494 e. The Kier molecular flexibility index (Phi) is 5.41. The normalized spacial score (nSPS) is 13.4. The number of allylic oxidation sites excluding steroid dienone is 4. The van der Waals surface area contributed by atoms with Crippen molar-refractivity contribution in [3.05, 3.63) is 54.1 Å². The van der Waals surface area contributed by atoms with Crippen LogP contribution in [-0.2, 0) is 0 Å². The molecule has 0 N–H and O–H groups in total. The maximum absolute atomic E-state index is 5.41. The van der Waals surface area contributed by atoms with Gasteiger partial charge < -0.3 is 4.74 Å². The molecule has 1 aromatic rings. The minimum absolute atomic E-state index is 0.437. The summed E-state index contributed by atoms with van der Waals surface area (Å²) >= 11 is 0. The summed E-state index contributed by atoms with van der Waals surface area (Å²) in [4.78, 5) is 0. The molecule has 1 heteroatoms. The van der Waals surface area contributed by atoms with E-state index in [9.17, 15) is 0 Å². The zero-order valence-electron chi connectivity index (χ0n) is 10.3. The van der Waals surface area contributed by atoms with Crippen LogP contribution in [0.5, 0.6) is 5.75 Å². The fraction of sp³-hybridized carbons (Fsp3) is 0.333. The highest BCUT2D eigenvalue weighted by Gasteiger charge is 2.00. The van der Waals surface area contributed by atoms with Crippen LogP contribution in [0.1, 0.15) is 32.3 Å². The topological polar surface area (TPSA) is 9.23 Å². The van der Waals surface area contributed by atoms with Crippen molar-refractivity contribution in [2.45, 2.75) is 26.7 Å². The Morgan fingerprint density at radius 2 is 1.88 bits per heavy atom. The first kappa shape index (κ1) is 12.6. The monoisotopic (exact) mass is 216 g/mol. The second-order valence-corrected chi connectivity index (χ2v) is 3.70. The van der Waals surface area contributed by atoms with E-state index >= 15 is 0 Å². The predicted molar refractivity (Wildman–Crippen MR) is 70.0 cm³/mol. The van der Waals surface area contributed by atoms with Gasteiger partial charge in [-0.25, -0.2) is 0 Å². The molecule has 86 valence electrons. The standard InChI is InChI=1S/C15H20O/c1-4-6-7-8-13(3)14-9-11-15(12-10-14)16-5-2/h4,6-13H,5H2,1-3H3/b6-4-,8-7+. The van der Waals surface area contributed by atoms with E-state index in [1.807, 2.05) is 38.1 Å². The molecule has 0 aliphatic heterocycles. The molecule has 16 heavy (non-hydrogen) atoms. The third-order valence-electron chi connectivity index (χ3n) is 2.42. The minimum atomic E-state index is 0.437. The first-order chi connectivity index (χ1) is 7.77. The predicted octanol–water partition coefficient (Wildman–Crippen LogP) is 4.32. The smallest absolute Gasteiger partial charge is 0.119 e. The summed E-state index contributed by atoms with van der Waals surface area (Å²) in [5.74, 6) is 1.38. The number of ether oxygens (including phenoxy) is 1. The molecular formula is C15H20O. The van der Waals surface area contributed by atoms with Crippen molar-refractivity contribution >= 4 is 0 Å². The van der Waals surface area contributed by atoms with Gasteiger partial charge in [0.15, 0.2) is 0 Å². The van der Waals surface area contributed by atoms with E-state index < -0.39 is 0 Å². The fourth-order valence-corrected chi connectivity index (χ4v) is 1.49. The maximum atomic E-state index is 5.41. The summed E-state index contributed by atoms with van der Waals surface area (Å²) in [5, 5.41) is 0. The van der Waals surface area contributed by atoms with Crippen molar-refractivity contribution in [1.82, 2.24) is 0 Å². The Morgan fingerprint density at radius 1 is 1.19 bits per heavy atom. The lowest BCUT2D eigenvalue weighted by Gasteiger charge is -2.08. The highest BCUT2D eigenvalue weighted by Crippen LogP contribution is 2.20. The quantitative estimate of drug-likeness (QED) is 0.666. The van der Waals surface area contributed by atoms with Gasteiger partial charge in [-0.15, -0.1) is 0 Å². The summed E-state index contributed by atoms with van der Waals surface area (Å²) in [7, 11) is 0. The molecule has 0 heterocycles. The molecule has 0 spiro atoms. The zero-order valence-corrected chi connectivity index (χ0v) is 10.3. The van der Waals surface area contributed by atoms with Gasteiger partial charge in [0.25, 0.3) is 0 Å². The Hall–Kier alpha value is -1.50. The van der Waals surface area contributed by atoms with Crippen molar-refractivity contribution in [1.29, 1.82) is 0 Å². The van der Waals surface area contributed by atoms with Gasteiger partial charge in [0, 0.05) is 0 Å². The SMILES string of the molecule is C/C=C\C=C\C(C)c1ccc(OCC)cc1. The molecule has 0 saturated heterocycles. The second-order valence-electron chi connectivity index (χ2n) is 3.70. The van der Waals surface area contributed by atoms with E-state index in [0.29, 0.717) is 5.92 Å². The molecule has 0 aliphatic carbocycles. The van der Waals surface area contributed by atoms with E-state index in [2.05, 4.69) is 31.2 Å². The van der Waals surface area contributed by atoms with Crippen LogP contribution in [0.25, 0.3) is 0 Å². The van der Waals surface area contributed by atoms with E-state index in [4.69, 9.17) is 4.74 Å². The van der Waals surface area contributed by atoms with E-state index in [1.54, 1.807) is 0 Å². The summed E-state index contributed by atoms with van der Waals surface area (Å²) < 4.78 is 5.41. The first-order valence-corrected chi connectivity index (χ1v) is 5.80. The first-order valence-electron chi connectivity index (χ1n) is 5.80. The van der Waals surface area contributed by atoms with Crippen LogP contribution in [0.4, 0.5) is 0 Å².